The third-order valence-electron chi connectivity index (χ3n) is 6.95. The number of halogens is 1. The second-order valence-corrected chi connectivity index (χ2v) is 10.8. The Kier molecular flexibility index (Phi) is 6.68. The number of fused-ring (bicyclic) bond motifs is 2. The fourth-order valence-corrected chi connectivity index (χ4v) is 5.12. The van der Waals surface area contributed by atoms with E-state index in [1.807, 2.05) is 25.1 Å². The van der Waals surface area contributed by atoms with Crippen molar-refractivity contribution in [1.29, 1.82) is 0 Å². The Labute approximate surface area is 224 Å². The van der Waals surface area contributed by atoms with Gasteiger partial charge in [0, 0.05) is 10.0 Å². The fourth-order valence-electron chi connectivity index (χ4n) is 4.76. The van der Waals surface area contributed by atoms with Crippen LogP contribution in [0.5, 0.6) is 11.5 Å². The predicted octanol–water partition coefficient (Wildman–Crippen LogP) is 6.02. The van der Waals surface area contributed by atoms with E-state index in [-0.39, 0.29) is 19.0 Å². The highest BCUT2D eigenvalue weighted by Gasteiger charge is 2.50. The van der Waals surface area contributed by atoms with Crippen LogP contribution in [-0.2, 0) is 21.7 Å². The molecule has 3 aromatic carbocycles. The molecule has 0 unspecified atom stereocenters. The first-order chi connectivity index (χ1) is 17.7. The van der Waals surface area contributed by atoms with Gasteiger partial charge in [-0.25, -0.2) is 0 Å². The number of amides is 1. The number of anilines is 1. The molecule has 1 amide bonds. The number of hydrogen-bond acceptors (Lipinski definition) is 5. The molecule has 2 aliphatic rings. The maximum Gasteiger partial charge on any atom is 0.264 e. The summed E-state index contributed by atoms with van der Waals surface area (Å²) in [5.74, 6) is 0.762. The van der Waals surface area contributed by atoms with Gasteiger partial charge in [-0.3, -0.25) is 9.59 Å². The molecule has 0 spiro atoms. The molecule has 7 heteroatoms. The summed E-state index contributed by atoms with van der Waals surface area (Å²) in [5.41, 5.74) is 3.08. The van der Waals surface area contributed by atoms with Gasteiger partial charge in [0.25, 0.3) is 5.91 Å². The number of carbonyl (C=O) groups excluding carboxylic acids is 2. The number of aryl methyl sites for hydroxylation is 1. The quantitative estimate of drug-likeness (QED) is 0.357. The number of aliphatic hydroxyl groups is 1. The third-order valence-corrected chi connectivity index (χ3v) is 7.44. The number of ether oxygens (including phenoxy) is 2. The fraction of sp³-hybridized carbons (Fsp3) is 0.267. The molecule has 2 heterocycles. The Hall–Kier alpha value is -3.42. The van der Waals surface area contributed by atoms with E-state index >= 15 is 0 Å². The Balaban J connectivity index is 1.42. The maximum atomic E-state index is 13.7. The van der Waals surface area contributed by atoms with Crippen LogP contribution in [0.15, 0.2) is 65.1 Å². The van der Waals surface area contributed by atoms with E-state index in [4.69, 9.17) is 9.47 Å². The normalized spacial score (nSPS) is 18.2. The van der Waals surface area contributed by atoms with Gasteiger partial charge in [0.15, 0.2) is 22.9 Å². The standard InChI is InChI=1S/C30H28BrNO5/c1-18(2)21-7-4-19(3)22(13-21)16-32-26-10-8-23(31)14-25(26)30(35,29(32)34)15-24(33)9-5-20-6-11-27-28(12-20)37-17-36-27/h4-14,18,35H,15-17H2,1-3H3/b9-5+/t30-/m0/s1. The summed E-state index contributed by atoms with van der Waals surface area (Å²) < 4.78 is 11.4. The van der Waals surface area contributed by atoms with E-state index in [1.54, 1.807) is 29.2 Å². The zero-order chi connectivity index (χ0) is 26.3. The molecule has 0 radical (unpaired) electrons. The van der Waals surface area contributed by atoms with E-state index in [2.05, 4.69) is 48.0 Å². The van der Waals surface area contributed by atoms with Gasteiger partial charge in [-0.1, -0.05) is 60.1 Å². The summed E-state index contributed by atoms with van der Waals surface area (Å²) >= 11 is 3.45. The lowest BCUT2D eigenvalue weighted by molar-refractivity contribution is -0.140. The van der Waals surface area contributed by atoms with E-state index in [1.165, 1.54) is 11.6 Å². The van der Waals surface area contributed by atoms with E-state index in [0.29, 0.717) is 35.2 Å². The summed E-state index contributed by atoms with van der Waals surface area (Å²) in [7, 11) is 0. The van der Waals surface area contributed by atoms with Gasteiger partial charge in [0.2, 0.25) is 6.79 Å². The summed E-state index contributed by atoms with van der Waals surface area (Å²) in [6.45, 7) is 6.75. The van der Waals surface area contributed by atoms with Crippen LogP contribution in [0.1, 0.15) is 54.0 Å². The number of rotatable bonds is 7. The molecule has 0 saturated heterocycles. The molecule has 1 atom stereocenters. The van der Waals surface area contributed by atoms with Crippen molar-refractivity contribution in [2.24, 2.45) is 0 Å². The van der Waals surface area contributed by atoms with Crippen molar-refractivity contribution in [3.05, 3.63) is 93.0 Å². The van der Waals surface area contributed by atoms with Crippen molar-refractivity contribution in [1.82, 2.24) is 0 Å². The van der Waals surface area contributed by atoms with Crippen molar-refractivity contribution >= 4 is 39.4 Å². The van der Waals surface area contributed by atoms with Crippen molar-refractivity contribution in [2.75, 3.05) is 11.7 Å². The lowest BCUT2D eigenvalue weighted by Crippen LogP contribution is -2.41. The number of allylic oxidation sites excluding steroid dienone is 1. The van der Waals surface area contributed by atoms with Gasteiger partial charge in [-0.2, -0.15) is 0 Å². The Bertz CT molecular complexity index is 1430. The van der Waals surface area contributed by atoms with Crippen LogP contribution in [0.4, 0.5) is 5.69 Å². The van der Waals surface area contributed by atoms with Crippen LogP contribution in [0.2, 0.25) is 0 Å². The maximum absolute atomic E-state index is 13.7. The van der Waals surface area contributed by atoms with Crippen LogP contribution in [0, 0.1) is 6.92 Å². The number of hydrogen-bond donors (Lipinski definition) is 1. The molecule has 0 saturated carbocycles. The molecule has 190 valence electrons. The summed E-state index contributed by atoms with van der Waals surface area (Å²) in [5, 5.41) is 11.7. The molecule has 37 heavy (non-hydrogen) atoms. The van der Waals surface area contributed by atoms with Crippen LogP contribution in [-0.4, -0.2) is 23.6 Å². The Morgan fingerprint density at radius 3 is 2.68 bits per heavy atom. The van der Waals surface area contributed by atoms with Crippen molar-refractivity contribution in [3.63, 3.8) is 0 Å². The monoisotopic (exact) mass is 561 g/mol. The average molecular weight is 562 g/mol. The zero-order valence-corrected chi connectivity index (χ0v) is 22.5. The Morgan fingerprint density at radius 1 is 1.11 bits per heavy atom. The summed E-state index contributed by atoms with van der Waals surface area (Å²) in [6.07, 6.45) is 2.67. The minimum atomic E-state index is -1.96. The minimum Gasteiger partial charge on any atom is -0.454 e. The molecule has 0 fully saturated rings. The molecule has 0 aliphatic carbocycles. The number of nitrogens with zero attached hydrogens (tertiary/aromatic N) is 1. The summed E-state index contributed by atoms with van der Waals surface area (Å²) in [4.78, 5) is 28.3. The van der Waals surface area contributed by atoms with Crippen molar-refractivity contribution in [2.45, 2.75) is 45.3 Å². The predicted molar refractivity (Wildman–Crippen MR) is 146 cm³/mol. The highest BCUT2D eigenvalue weighted by Crippen LogP contribution is 2.45. The number of benzene rings is 3. The van der Waals surface area contributed by atoms with Crippen LogP contribution >= 0.6 is 15.9 Å². The molecular formula is C30H28BrNO5. The van der Waals surface area contributed by atoms with Gasteiger partial charge in [0.1, 0.15) is 0 Å². The third kappa shape index (κ3) is 4.81. The highest BCUT2D eigenvalue weighted by atomic mass is 79.9. The van der Waals surface area contributed by atoms with Gasteiger partial charge in [-0.15, -0.1) is 0 Å². The van der Waals surface area contributed by atoms with E-state index in [9.17, 15) is 14.7 Å². The lowest BCUT2D eigenvalue weighted by atomic mass is 9.89. The van der Waals surface area contributed by atoms with Gasteiger partial charge >= 0.3 is 0 Å². The first-order valence-corrected chi connectivity index (χ1v) is 13.0. The lowest BCUT2D eigenvalue weighted by Gasteiger charge is -2.23. The number of ketones is 1. The molecule has 1 N–H and O–H groups in total. The van der Waals surface area contributed by atoms with Crippen molar-refractivity contribution in [3.8, 4) is 11.5 Å². The van der Waals surface area contributed by atoms with Crippen molar-refractivity contribution < 1.29 is 24.2 Å². The first-order valence-electron chi connectivity index (χ1n) is 12.2. The van der Waals surface area contributed by atoms with Gasteiger partial charge < -0.3 is 19.5 Å². The van der Waals surface area contributed by atoms with E-state index < -0.39 is 11.5 Å². The van der Waals surface area contributed by atoms with Crippen LogP contribution in [0.25, 0.3) is 6.08 Å². The van der Waals surface area contributed by atoms with Crippen LogP contribution < -0.4 is 14.4 Å². The second-order valence-electron chi connectivity index (χ2n) is 9.84. The first kappa shape index (κ1) is 25.2. The average Bonchev–Trinajstić information content (AvgIpc) is 3.41. The smallest absolute Gasteiger partial charge is 0.264 e. The van der Waals surface area contributed by atoms with Gasteiger partial charge in [-0.05, 0) is 71.5 Å². The SMILES string of the molecule is Cc1ccc(C(C)C)cc1CN1C(=O)[C@](O)(CC(=O)/C=C/c2ccc3c(c2)OCO3)c2cc(Br)ccc21. The molecule has 6 nitrogen and oxygen atoms in total. The number of carbonyl (C=O) groups is 2. The van der Waals surface area contributed by atoms with Crippen LogP contribution in [0.3, 0.4) is 0 Å². The molecule has 0 bridgehead atoms. The zero-order valence-electron chi connectivity index (χ0n) is 21.0. The molecule has 0 aromatic heterocycles. The Morgan fingerprint density at radius 2 is 1.89 bits per heavy atom. The largest absolute Gasteiger partial charge is 0.454 e. The van der Waals surface area contributed by atoms with Gasteiger partial charge in [0.05, 0.1) is 18.7 Å². The second kappa shape index (κ2) is 9.80. The molecular weight excluding hydrogens is 534 g/mol. The molecule has 2 aliphatic heterocycles. The highest BCUT2D eigenvalue weighted by molar-refractivity contribution is 9.10. The van der Waals surface area contributed by atoms with E-state index in [0.717, 1.165) is 21.2 Å². The minimum absolute atomic E-state index is 0.170. The molecule has 3 aromatic rings. The summed E-state index contributed by atoms with van der Waals surface area (Å²) in [6, 6.07) is 17.0. The molecule has 5 rings (SSSR count). The topological polar surface area (TPSA) is 76.1 Å².